The Kier molecular flexibility index (Phi) is 4.73. The summed E-state index contributed by atoms with van der Waals surface area (Å²) in [6.45, 7) is 1.86. The number of fused-ring (bicyclic) bond motifs is 1. The van der Waals surface area contributed by atoms with E-state index in [1.54, 1.807) is 29.1 Å². The van der Waals surface area contributed by atoms with E-state index >= 15 is 0 Å². The Morgan fingerprint density at radius 3 is 2.86 bits per heavy atom. The fourth-order valence-electron chi connectivity index (χ4n) is 4.14. The molecule has 6 rings (SSSR count). The van der Waals surface area contributed by atoms with Crippen LogP contribution in [0.1, 0.15) is 40.7 Å². The number of carbonyl (C=O) groups is 1. The van der Waals surface area contributed by atoms with Crippen LogP contribution in [0.2, 0.25) is 0 Å². The number of amides is 1. The van der Waals surface area contributed by atoms with Crippen LogP contribution in [0.15, 0.2) is 66.0 Å². The number of anilines is 1. The summed E-state index contributed by atoms with van der Waals surface area (Å²) in [5, 5.41) is 6.87. The van der Waals surface area contributed by atoms with Crippen molar-refractivity contribution in [3.8, 4) is 17.1 Å². The number of nitrogens with zero attached hydrogens (tertiary/aromatic N) is 6. The van der Waals surface area contributed by atoms with Crippen molar-refractivity contribution < 1.29 is 18.1 Å². The Hall–Kier alpha value is -4.41. The van der Waals surface area contributed by atoms with E-state index in [0.29, 0.717) is 22.6 Å². The first kappa shape index (κ1) is 21.1. The first-order chi connectivity index (χ1) is 16.9. The van der Waals surface area contributed by atoms with Gasteiger partial charge in [0.2, 0.25) is 17.6 Å². The summed E-state index contributed by atoms with van der Waals surface area (Å²) in [6, 6.07) is 9.06. The molecule has 1 amide bonds. The number of pyridine rings is 1. The summed E-state index contributed by atoms with van der Waals surface area (Å²) in [5.74, 6) is -2.95. The van der Waals surface area contributed by atoms with E-state index in [4.69, 9.17) is 4.52 Å². The van der Waals surface area contributed by atoms with Gasteiger partial charge in [0.05, 0.1) is 18.2 Å². The minimum Gasteiger partial charge on any atom is -0.339 e. The van der Waals surface area contributed by atoms with Gasteiger partial charge in [0, 0.05) is 48.6 Å². The third-order valence-electron chi connectivity index (χ3n) is 6.15. The molecule has 176 valence electrons. The van der Waals surface area contributed by atoms with Crippen molar-refractivity contribution in [2.75, 3.05) is 5.32 Å². The molecule has 0 saturated heterocycles. The molecule has 1 saturated carbocycles. The first-order valence-corrected chi connectivity index (χ1v) is 11.0. The number of rotatable bonds is 5. The van der Waals surface area contributed by atoms with Crippen LogP contribution >= 0.6 is 0 Å². The van der Waals surface area contributed by atoms with Crippen molar-refractivity contribution in [1.29, 1.82) is 0 Å². The van der Waals surface area contributed by atoms with Gasteiger partial charge in [0.1, 0.15) is 11.3 Å². The molecular weight excluding hydrogens is 456 g/mol. The van der Waals surface area contributed by atoms with Gasteiger partial charge in [-0.1, -0.05) is 17.3 Å². The quantitative estimate of drug-likeness (QED) is 0.397. The number of aryl methyl sites for hydroxylation is 1. The molecule has 9 nitrogen and oxygen atoms in total. The van der Waals surface area contributed by atoms with Crippen LogP contribution in [-0.2, 0) is 0 Å². The topological polar surface area (TPSA) is 103 Å². The zero-order valence-electron chi connectivity index (χ0n) is 18.5. The van der Waals surface area contributed by atoms with Crippen LogP contribution in [0, 0.1) is 6.92 Å². The monoisotopic (exact) mass is 475 g/mol. The SMILES string of the molecule is Cc1ccc(-c2noc(C3CC(F)(F)C3)n2)cc1NC(=O)c1cnc2ccc(-n3ccnc3)cn12. The number of halogens is 2. The molecule has 35 heavy (non-hydrogen) atoms. The molecule has 0 spiro atoms. The Morgan fingerprint density at radius 1 is 1.23 bits per heavy atom. The number of hydrogen-bond donors (Lipinski definition) is 1. The lowest BCUT2D eigenvalue weighted by molar-refractivity contribution is -0.0925. The highest BCUT2D eigenvalue weighted by atomic mass is 19.3. The lowest BCUT2D eigenvalue weighted by Gasteiger charge is -2.31. The third-order valence-corrected chi connectivity index (χ3v) is 6.15. The molecule has 11 heteroatoms. The highest BCUT2D eigenvalue weighted by Crippen LogP contribution is 2.48. The van der Waals surface area contributed by atoms with Crippen LogP contribution in [0.4, 0.5) is 14.5 Å². The molecule has 0 radical (unpaired) electrons. The average molecular weight is 475 g/mol. The zero-order valence-corrected chi connectivity index (χ0v) is 18.5. The van der Waals surface area contributed by atoms with Gasteiger partial charge in [-0.15, -0.1) is 0 Å². The minimum absolute atomic E-state index is 0.205. The molecule has 0 unspecified atom stereocenters. The van der Waals surface area contributed by atoms with Crippen molar-refractivity contribution in [3.63, 3.8) is 0 Å². The second-order valence-corrected chi connectivity index (χ2v) is 8.63. The van der Waals surface area contributed by atoms with Crippen molar-refractivity contribution in [2.45, 2.75) is 31.6 Å². The van der Waals surface area contributed by atoms with Crippen molar-refractivity contribution in [1.82, 2.24) is 29.1 Å². The van der Waals surface area contributed by atoms with Crippen molar-refractivity contribution in [3.05, 3.63) is 78.6 Å². The van der Waals surface area contributed by atoms with Crippen molar-refractivity contribution in [2.24, 2.45) is 0 Å². The highest BCUT2D eigenvalue weighted by molar-refractivity contribution is 6.04. The number of aromatic nitrogens is 6. The maximum atomic E-state index is 13.2. The Balaban J connectivity index is 1.26. The van der Waals surface area contributed by atoms with Crippen LogP contribution in [0.25, 0.3) is 22.7 Å². The third kappa shape index (κ3) is 3.84. The number of imidazole rings is 2. The number of benzene rings is 1. The average Bonchev–Trinajstić information content (AvgIpc) is 3.58. The highest BCUT2D eigenvalue weighted by Gasteiger charge is 2.48. The molecule has 0 atom stereocenters. The normalized spacial score (nSPS) is 15.3. The Morgan fingerprint density at radius 2 is 2.09 bits per heavy atom. The second-order valence-electron chi connectivity index (χ2n) is 8.63. The van der Waals surface area contributed by atoms with E-state index < -0.39 is 11.8 Å². The number of nitrogens with one attached hydrogen (secondary N) is 1. The fourth-order valence-corrected chi connectivity index (χ4v) is 4.14. The maximum Gasteiger partial charge on any atom is 0.274 e. The van der Waals surface area contributed by atoms with Crippen LogP contribution in [0.3, 0.4) is 0 Å². The lowest BCUT2D eigenvalue weighted by Crippen LogP contribution is -2.33. The molecule has 1 fully saturated rings. The maximum absolute atomic E-state index is 13.2. The lowest BCUT2D eigenvalue weighted by atomic mass is 9.81. The van der Waals surface area contributed by atoms with E-state index in [0.717, 1.165) is 11.3 Å². The molecular formula is C24H19F2N7O2. The van der Waals surface area contributed by atoms with Gasteiger partial charge >= 0.3 is 0 Å². The summed E-state index contributed by atoms with van der Waals surface area (Å²) in [4.78, 5) is 25.9. The standard InChI is InChI=1S/C24H19F2N7O2/c1-14-2-3-15(21-30-23(35-31-21)16-9-24(25,26)10-16)8-18(14)29-22(34)19-11-28-20-5-4-17(12-33(19)20)32-7-6-27-13-32/h2-8,11-13,16H,9-10H2,1H3,(H,29,34). The molecule has 1 aromatic carbocycles. The smallest absolute Gasteiger partial charge is 0.274 e. The summed E-state index contributed by atoms with van der Waals surface area (Å²) in [7, 11) is 0. The predicted molar refractivity (Wildman–Crippen MR) is 122 cm³/mol. The number of alkyl halides is 2. The zero-order chi connectivity index (χ0) is 24.2. The van der Waals surface area contributed by atoms with E-state index in [1.807, 2.05) is 42.1 Å². The number of carbonyl (C=O) groups excluding carboxylic acids is 1. The Labute approximate surface area is 197 Å². The summed E-state index contributed by atoms with van der Waals surface area (Å²) >= 11 is 0. The van der Waals surface area contributed by atoms with Crippen molar-refractivity contribution >= 4 is 17.2 Å². The predicted octanol–water partition coefficient (Wildman–Crippen LogP) is 4.64. The van der Waals surface area contributed by atoms with Gasteiger partial charge in [-0.2, -0.15) is 4.98 Å². The summed E-state index contributed by atoms with van der Waals surface area (Å²) in [6.07, 6.45) is 7.92. The molecule has 4 aromatic heterocycles. The molecule has 1 N–H and O–H groups in total. The fraction of sp³-hybridized carbons (Fsp3) is 0.208. The van der Waals surface area contributed by atoms with E-state index in [1.165, 1.54) is 6.20 Å². The molecule has 4 heterocycles. The summed E-state index contributed by atoms with van der Waals surface area (Å²) in [5.41, 5.74) is 3.82. The van der Waals surface area contributed by atoms with Gasteiger partial charge in [-0.05, 0) is 30.7 Å². The largest absolute Gasteiger partial charge is 0.339 e. The van der Waals surface area contributed by atoms with Crippen LogP contribution < -0.4 is 5.32 Å². The van der Waals surface area contributed by atoms with Crippen LogP contribution in [0.5, 0.6) is 0 Å². The van der Waals surface area contributed by atoms with Gasteiger partial charge < -0.3 is 14.4 Å². The van der Waals surface area contributed by atoms with Crippen LogP contribution in [-0.4, -0.2) is 40.9 Å². The summed E-state index contributed by atoms with van der Waals surface area (Å²) < 4.78 is 35.1. The minimum atomic E-state index is -2.67. The van der Waals surface area contributed by atoms with Gasteiger partial charge in [-0.3, -0.25) is 9.20 Å². The van der Waals surface area contributed by atoms with E-state index in [-0.39, 0.29) is 30.5 Å². The van der Waals surface area contributed by atoms with Gasteiger partial charge in [0.25, 0.3) is 5.91 Å². The van der Waals surface area contributed by atoms with E-state index in [2.05, 4.69) is 25.4 Å². The van der Waals surface area contributed by atoms with Gasteiger partial charge in [0.15, 0.2) is 0 Å². The molecule has 1 aliphatic carbocycles. The van der Waals surface area contributed by atoms with Gasteiger partial charge in [-0.25, -0.2) is 18.7 Å². The Bertz CT molecular complexity index is 1550. The molecule has 5 aromatic rings. The molecule has 1 aliphatic rings. The molecule has 0 aliphatic heterocycles. The second kappa shape index (κ2) is 7.83. The van der Waals surface area contributed by atoms with E-state index in [9.17, 15) is 13.6 Å². The molecule has 0 bridgehead atoms. The first-order valence-electron chi connectivity index (χ1n) is 11.0. The number of hydrogen-bond acceptors (Lipinski definition) is 6.